The maximum absolute atomic E-state index is 13.3. The second-order valence-corrected chi connectivity index (χ2v) is 9.38. The van der Waals surface area contributed by atoms with Gasteiger partial charge in [-0.2, -0.15) is 4.31 Å². The molecule has 0 aliphatic heterocycles. The molecule has 0 saturated heterocycles. The number of aromatic nitrogens is 1. The number of carbonyl (C=O) groups is 2. The molecule has 1 atom stereocenters. The van der Waals surface area contributed by atoms with E-state index >= 15 is 0 Å². The van der Waals surface area contributed by atoms with Crippen molar-refractivity contribution in [2.75, 3.05) is 7.11 Å². The number of ether oxygens (including phenoxy) is 1. The number of aryl methyl sites for hydroxylation is 2. The predicted octanol–water partition coefficient (Wildman–Crippen LogP) is 3.15. The van der Waals surface area contributed by atoms with Gasteiger partial charge in [0.15, 0.2) is 5.78 Å². The maximum atomic E-state index is 13.3. The van der Waals surface area contributed by atoms with Crippen molar-refractivity contribution in [3.63, 3.8) is 0 Å². The van der Waals surface area contributed by atoms with E-state index in [1.807, 2.05) is 6.92 Å². The van der Waals surface area contributed by atoms with Crippen molar-refractivity contribution in [2.45, 2.75) is 57.5 Å². The Kier molecular flexibility index (Phi) is 5.69. The molecule has 1 aromatic heterocycles. The molecule has 1 aliphatic carbocycles. The fourth-order valence-corrected chi connectivity index (χ4v) is 5.47. The lowest BCUT2D eigenvalue weighted by molar-refractivity contribution is 0.0594. The van der Waals surface area contributed by atoms with E-state index < -0.39 is 22.0 Å². The standard InChI is InChI=1S/C21H26N2O5S/c1-12-6-10-17(11-7-12)29(26,27)23(16-8-9-16)15(4)20(24)18-13(2)19(21(25)28-5)22-14(18)3/h6-7,10-11,15-16,22H,8-9H2,1-5H3. The van der Waals surface area contributed by atoms with E-state index in [1.165, 1.54) is 11.4 Å². The Morgan fingerprint density at radius 2 is 1.72 bits per heavy atom. The number of Topliss-reactive ketones (excluding diaryl/α,β-unsaturated/α-hetero) is 1. The molecule has 156 valence electrons. The van der Waals surface area contributed by atoms with Gasteiger partial charge in [0.2, 0.25) is 10.0 Å². The number of methoxy groups -OCH3 is 1. The van der Waals surface area contributed by atoms with Crippen LogP contribution in [0.4, 0.5) is 0 Å². The molecule has 29 heavy (non-hydrogen) atoms. The van der Waals surface area contributed by atoms with Crippen LogP contribution < -0.4 is 0 Å². The largest absolute Gasteiger partial charge is 0.464 e. The second-order valence-electron chi connectivity index (χ2n) is 7.54. The number of hydrogen-bond acceptors (Lipinski definition) is 5. The van der Waals surface area contributed by atoms with Crippen molar-refractivity contribution in [3.05, 3.63) is 52.3 Å². The van der Waals surface area contributed by atoms with Gasteiger partial charge in [-0.05, 0) is 58.2 Å². The molecule has 7 nitrogen and oxygen atoms in total. The van der Waals surface area contributed by atoms with Crippen LogP contribution in [-0.4, -0.2) is 48.7 Å². The summed E-state index contributed by atoms with van der Waals surface area (Å²) in [7, 11) is -2.57. The van der Waals surface area contributed by atoms with Gasteiger partial charge in [0.1, 0.15) is 5.69 Å². The summed E-state index contributed by atoms with van der Waals surface area (Å²) in [5, 5.41) is 0. The van der Waals surface area contributed by atoms with E-state index in [1.54, 1.807) is 45.0 Å². The maximum Gasteiger partial charge on any atom is 0.354 e. The number of rotatable bonds is 7. The normalized spacial score (nSPS) is 15.4. The van der Waals surface area contributed by atoms with Gasteiger partial charge in [0.25, 0.3) is 0 Å². The summed E-state index contributed by atoms with van der Waals surface area (Å²) in [6, 6.07) is 5.53. The highest BCUT2D eigenvalue weighted by atomic mass is 32.2. The third kappa shape index (κ3) is 3.86. The van der Waals surface area contributed by atoms with E-state index in [-0.39, 0.29) is 22.4 Å². The number of benzene rings is 1. The minimum atomic E-state index is -3.84. The van der Waals surface area contributed by atoms with Crippen molar-refractivity contribution in [2.24, 2.45) is 0 Å². The number of sulfonamides is 1. The van der Waals surface area contributed by atoms with Gasteiger partial charge >= 0.3 is 5.97 Å². The predicted molar refractivity (Wildman–Crippen MR) is 109 cm³/mol. The van der Waals surface area contributed by atoms with E-state index in [2.05, 4.69) is 4.98 Å². The Morgan fingerprint density at radius 1 is 1.14 bits per heavy atom. The highest BCUT2D eigenvalue weighted by Gasteiger charge is 2.44. The lowest BCUT2D eigenvalue weighted by Gasteiger charge is -2.27. The van der Waals surface area contributed by atoms with Crippen LogP contribution >= 0.6 is 0 Å². The fraction of sp³-hybridized carbons (Fsp3) is 0.429. The molecular weight excluding hydrogens is 392 g/mol. The van der Waals surface area contributed by atoms with Crippen molar-refractivity contribution < 1.29 is 22.7 Å². The summed E-state index contributed by atoms with van der Waals surface area (Å²) in [6.45, 7) is 6.84. The average molecular weight is 419 g/mol. The summed E-state index contributed by atoms with van der Waals surface area (Å²) in [6.07, 6.45) is 1.45. The van der Waals surface area contributed by atoms with Crippen LogP contribution in [0.1, 0.15) is 57.4 Å². The Morgan fingerprint density at radius 3 is 2.24 bits per heavy atom. The number of carbonyl (C=O) groups excluding carboxylic acids is 2. The van der Waals surface area contributed by atoms with Crippen LogP contribution in [-0.2, 0) is 14.8 Å². The third-order valence-corrected chi connectivity index (χ3v) is 7.38. The molecule has 8 heteroatoms. The Hall–Kier alpha value is -2.45. The van der Waals surface area contributed by atoms with Gasteiger partial charge in [-0.25, -0.2) is 13.2 Å². The smallest absolute Gasteiger partial charge is 0.354 e. The fourth-order valence-electron chi connectivity index (χ4n) is 3.63. The number of ketones is 1. The zero-order valence-electron chi connectivity index (χ0n) is 17.3. The number of hydrogen-bond donors (Lipinski definition) is 1. The summed E-state index contributed by atoms with van der Waals surface area (Å²) in [5.41, 5.74) is 2.49. The van der Waals surface area contributed by atoms with Gasteiger partial charge in [0.05, 0.1) is 18.0 Å². The summed E-state index contributed by atoms with van der Waals surface area (Å²) < 4.78 is 32.7. The molecule has 0 amide bonds. The number of H-pyrrole nitrogens is 1. The van der Waals surface area contributed by atoms with E-state index in [0.717, 1.165) is 18.4 Å². The lowest BCUT2D eigenvalue weighted by Crippen LogP contribution is -2.44. The molecule has 1 aliphatic rings. The van der Waals surface area contributed by atoms with Crippen LogP contribution in [0.2, 0.25) is 0 Å². The van der Waals surface area contributed by atoms with Crippen LogP contribution in [0.5, 0.6) is 0 Å². The Labute approximate surface area is 171 Å². The lowest BCUT2D eigenvalue weighted by atomic mass is 10.0. The first kappa shape index (κ1) is 21.3. The zero-order valence-corrected chi connectivity index (χ0v) is 18.1. The molecule has 3 rings (SSSR count). The molecule has 1 N–H and O–H groups in total. The van der Waals surface area contributed by atoms with Gasteiger partial charge in [-0.3, -0.25) is 4.79 Å². The van der Waals surface area contributed by atoms with E-state index in [4.69, 9.17) is 4.74 Å². The summed E-state index contributed by atoms with van der Waals surface area (Å²) in [5.74, 6) is -0.905. The topological polar surface area (TPSA) is 96.5 Å². The monoisotopic (exact) mass is 418 g/mol. The second kappa shape index (κ2) is 7.76. The molecule has 0 radical (unpaired) electrons. The van der Waals surface area contributed by atoms with Crippen molar-refractivity contribution in [3.8, 4) is 0 Å². The van der Waals surface area contributed by atoms with Crippen LogP contribution in [0.15, 0.2) is 29.2 Å². The highest BCUT2D eigenvalue weighted by Crippen LogP contribution is 2.35. The highest BCUT2D eigenvalue weighted by molar-refractivity contribution is 7.89. The SMILES string of the molecule is COC(=O)c1[nH]c(C)c(C(=O)C(C)N(C2CC2)S(=O)(=O)c2ccc(C)cc2)c1C. The van der Waals surface area contributed by atoms with Crippen molar-refractivity contribution >= 4 is 21.8 Å². The van der Waals surface area contributed by atoms with Crippen molar-refractivity contribution in [1.82, 2.24) is 9.29 Å². The van der Waals surface area contributed by atoms with Gasteiger partial charge in [-0.1, -0.05) is 17.7 Å². The quantitative estimate of drug-likeness (QED) is 0.550. The molecule has 1 aromatic carbocycles. The van der Waals surface area contributed by atoms with E-state index in [0.29, 0.717) is 16.8 Å². The number of nitrogens with one attached hydrogen (secondary N) is 1. The number of aromatic amines is 1. The zero-order chi connectivity index (χ0) is 21.5. The van der Waals surface area contributed by atoms with Crippen LogP contribution in [0, 0.1) is 20.8 Å². The first-order chi connectivity index (χ1) is 13.6. The molecule has 1 fully saturated rings. The average Bonchev–Trinajstić information content (AvgIpc) is 3.45. The van der Waals surface area contributed by atoms with E-state index in [9.17, 15) is 18.0 Å². The Balaban J connectivity index is 2.00. The number of nitrogens with zero attached hydrogens (tertiary/aromatic N) is 1. The number of esters is 1. The van der Waals surface area contributed by atoms with Crippen molar-refractivity contribution in [1.29, 1.82) is 0 Å². The van der Waals surface area contributed by atoms with Crippen LogP contribution in [0.25, 0.3) is 0 Å². The molecular formula is C21H26N2O5S. The minimum absolute atomic E-state index is 0.174. The van der Waals surface area contributed by atoms with Crippen LogP contribution in [0.3, 0.4) is 0 Å². The molecule has 2 aromatic rings. The molecule has 1 unspecified atom stereocenters. The van der Waals surface area contributed by atoms with Gasteiger partial charge in [-0.15, -0.1) is 0 Å². The third-order valence-electron chi connectivity index (χ3n) is 5.34. The summed E-state index contributed by atoms with van der Waals surface area (Å²) >= 11 is 0. The first-order valence-electron chi connectivity index (χ1n) is 9.51. The molecule has 1 saturated carbocycles. The summed E-state index contributed by atoms with van der Waals surface area (Å²) in [4.78, 5) is 28.4. The Bertz CT molecular complexity index is 1050. The molecule has 0 bridgehead atoms. The minimum Gasteiger partial charge on any atom is -0.464 e. The van der Waals surface area contributed by atoms with Gasteiger partial charge in [0, 0.05) is 17.3 Å². The molecule has 1 heterocycles. The van der Waals surface area contributed by atoms with Gasteiger partial charge < -0.3 is 9.72 Å². The first-order valence-corrected chi connectivity index (χ1v) is 11.0. The molecule has 0 spiro atoms.